The first-order valence-corrected chi connectivity index (χ1v) is 8.34. The number of piperazine rings is 1. The summed E-state index contributed by atoms with van der Waals surface area (Å²) >= 11 is 11.9. The number of halogens is 2. The second kappa shape index (κ2) is 7.04. The molecule has 0 radical (unpaired) electrons. The van der Waals surface area contributed by atoms with Crippen molar-refractivity contribution in [3.8, 4) is 0 Å². The van der Waals surface area contributed by atoms with Gasteiger partial charge in [0.1, 0.15) is 0 Å². The molecule has 2 saturated heterocycles. The molecule has 22 heavy (non-hydrogen) atoms. The van der Waals surface area contributed by atoms with E-state index < -0.39 is 0 Å². The molecule has 1 aromatic carbocycles. The van der Waals surface area contributed by atoms with Crippen LogP contribution in [-0.4, -0.2) is 61.1 Å². The zero-order valence-electron chi connectivity index (χ0n) is 12.3. The van der Waals surface area contributed by atoms with Crippen LogP contribution in [0, 0.1) is 0 Å². The quantitative estimate of drug-likeness (QED) is 0.868. The Hall–Kier alpha value is -1.01. The van der Waals surface area contributed by atoms with E-state index in [4.69, 9.17) is 23.2 Å². The molecule has 2 aliphatic rings. The molecule has 0 aliphatic carbocycles. The van der Waals surface area contributed by atoms with Crippen molar-refractivity contribution < 1.29 is 4.79 Å². The minimum absolute atomic E-state index is 0.0949. The van der Waals surface area contributed by atoms with Crippen molar-refractivity contribution in [1.82, 2.24) is 15.1 Å². The fourth-order valence-electron chi connectivity index (χ4n) is 3.07. The van der Waals surface area contributed by atoms with E-state index in [0.29, 0.717) is 21.8 Å². The maximum absolute atomic E-state index is 12.3. The Bertz CT molecular complexity index is 520. The van der Waals surface area contributed by atoms with E-state index in [0.717, 1.165) is 39.3 Å². The number of carbonyl (C=O) groups excluding carboxylic acids is 1. The molecule has 2 heterocycles. The highest BCUT2D eigenvalue weighted by atomic mass is 35.5. The van der Waals surface area contributed by atoms with E-state index in [1.807, 2.05) is 4.90 Å². The zero-order valence-corrected chi connectivity index (χ0v) is 13.8. The van der Waals surface area contributed by atoms with Gasteiger partial charge in [0, 0.05) is 54.5 Å². The van der Waals surface area contributed by atoms with Crippen LogP contribution < -0.4 is 10.6 Å². The van der Waals surface area contributed by atoms with E-state index in [1.54, 1.807) is 18.2 Å². The molecule has 0 spiro atoms. The minimum atomic E-state index is -0.0949. The van der Waals surface area contributed by atoms with Gasteiger partial charge in [-0.2, -0.15) is 0 Å². The van der Waals surface area contributed by atoms with Crippen LogP contribution in [0.3, 0.4) is 0 Å². The maximum atomic E-state index is 12.3. The number of carbonyl (C=O) groups is 1. The first kappa shape index (κ1) is 15.9. The fraction of sp³-hybridized carbons (Fsp3) is 0.533. The maximum Gasteiger partial charge on any atom is 0.321 e. The van der Waals surface area contributed by atoms with E-state index in [-0.39, 0.29) is 6.03 Å². The molecule has 1 unspecified atom stereocenters. The second-order valence-electron chi connectivity index (χ2n) is 5.76. The van der Waals surface area contributed by atoms with Crippen LogP contribution in [0.1, 0.15) is 6.42 Å². The number of amides is 2. The van der Waals surface area contributed by atoms with Gasteiger partial charge >= 0.3 is 6.03 Å². The number of urea groups is 1. The fourth-order valence-corrected chi connectivity index (χ4v) is 3.60. The SMILES string of the molecule is O=C(Nc1cc(Cl)cc(Cl)c1)N1CCN(C2CCNC2)CC1. The van der Waals surface area contributed by atoms with Crippen LogP contribution >= 0.6 is 23.2 Å². The summed E-state index contributed by atoms with van der Waals surface area (Å²) in [5.41, 5.74) is 0.630. The summed E-state index contributed by atoms with van der Waals surface area (Å²) < 4.78 is 0. The highest BCUT2D eigenvalue weighted by Gasteiger charge is 2.27. The van der Waals surface area contributed by atoms with Crippen molar-refractivity contribution in [2.75, 3.05) is 44.6 Å². The molecule has 1 aromatic rings. The lowest BCUT2D eigenvalue weighted by Crippen LogP contribution is -2.53. The third-order valence-electron chi connectivity index (χ3n) is 4.27. The van der Waals surface area contributed by atoms with Crippen LogP contribution in [0.15, 0.2) is 18.2 Å². The summed E-state index contributed by atoms with van der Waals surface area (Å²) in [6, 6.07) is 5.57. The van der Waals surface area contributed by atoms with Gasteiger partial charge in [-0.25, -0.2) is 4.79 Å². The third-order valence-corrected chi connectivity index (χ3v) is 4.70. The summed E-state index contributed by atoms with van der Waals surface area (Å²) in [5.74, 6) is 0. The summed E-state index contributed by atoms with van der Waals surface area (Å²) in [7, 11) is 0. The summed E-state index contributed by atoms with van der Waals surface area (Å²) in [6.45, 7) is 5.51. The summed E-state index contributed by atoms with van der Waals surface area (Å²) in [4.78, 5) is 16.6. The molecule has 0 saturated carbocycles. The Morgan fingerprint density at radius 1 is 1.14 bits per heavy atom. The van der Waals surface area contributed by atoms with Gasteiger partial charge in [0.15, 0.2) is 0 Å². The Morgan fingerprint density at radius 2 is 1.82 bits per heavy atom. The summed E-state index contributed by atoms with van der Waals surface area (Å²) in [5, 5.41) is 7.28. The van der Waals surface area contributed by atoms with E-state index in [9.17, 15) is 4.79 Å². The zero-order chi connectivity index (χ0) is 15.5. The molecule has 120 valence electrons. The second-order valence-corrected chi connectivity index (χ2v) is 6.63. The highest BCUT2D eigenvalue weighted by molar-refractivity contribution is 6.35. The molecule has 2 aliphatic heterocycles. The first-order valence-electron chi connectivity index (χ1n) is 7.58. The first-order chi connectivity index (χ1) is 10.6. The molecule has 3 rings (SSSR count). The predicted molar refractivity (Wildman–Crippen MR) is 89.9 cm³/mol. The van der Waals surface area contributed by atoms with Crippen molar-refractivity contribution in [2.24, 2.45) is 0 Å². The predicted octanol–water partition coefficient (Wildman–Crippen LogP) is 2.50. The van der Waals surface area contributed by atoms with Gasteiger partial charge in [0.25, 0.3) is 0 Å². The van der Waals surface area contributed by atoms with Gasteiger partial charge in [-0.1, -0.05) is 23.2 Å². The van der Waals surface area contributed by atoms with Gasteiger partial charge in [-0.05, 0) is 31.2 Å². The lowest BCUT2D eigenvalue weighted by molar-refractivity contribution is 0.119. The number of anilines is 1. The van der Waals surface area contributed by atoms with E-state index >= 15 is 0 Å². The lowest BCUT2D eigenvalue weighted by atomic mass is 10.2. The van der Waals surface area contributed by atoms with Gasteiger partial charge in [0.2, 0.25) is 0 Å². The van der Waals surface area contributed by atoms with Crippen molar-refractivity contribution in [1.29, 1.82) is 0 Å². The number of hydrogen-bond donors (Lipinski definition) is 2. The van der Waals surface area contributed by atoms with Gasteiger partial charge in [-0.3, -0.25) is 4.90 Å². The van der Waals surface area contributed by atoms with Gasteiger partial charge < -0.3 is 15.5 Å². The normalized spacial score (nSPS) is 22.8. The van der Waals surface area contributed by atoms with Crippen molar-refractivity contribution in [3.05, 3.63) is 28.2 Å². The van der Waals surface area contributed by atoms with Crippen molar-refractivity contribution >= 4 is 34.9 Å². The molecule has 7 heteroatoms. The Kier molecular flexibility index (Phi) is 5.08. The molecule has 2 N–H and O–H groups in total. The number of hydrogen-bond acceptors (Lipinski definition) is 3. The molecule has 2 fully saturated rings. The van der Waals surface area contributed by atoms with Crippen molar-refractivity contribution in [2.45, 2.75) is 12.5 Å². The van der Waals surface area contributed by atoms with Crippen LogP contribution in [-0.2, 0) is 0 Å². The van der Waals surface area contributed by atoms with Crippen molar-refractivity contribution in [3.63, 3.8) is 0 Å². The standard InChI is InChI=1S/C15H20Cl2N4O/c16-11-7-12(17)9-13(8-11)19-15(22)21-5-3-20(4-6-21)14-1-2-18-10-14/h7-9,14,18H,1-6,10H2,(H,19,22). The number of rotatable bonds is 2. The highest BCUT2D eigenvalue weighted by Crippen LogP contribution is 2.23. The Morgan fingerprint density at radius 3 is 2.41 bits per heavy atom. The number of benzene rings is 1. The average molecular weight is 343 g/mol. The molecule has 1 atom stereocenters. The van der Waals surface area contributed by atoms with Crippen LogP contribution in [0.25, 0.3) is 0 Å². The molecule has 2 amide bonds. The number of nitrogens with zero attached hydrogens (tertiary/aromatic N) is 2. The van der Waals surface area contributed by atoms with Crippen LogP contribution in [0.2, 0.25) is 10.0 Å². The Labute approximate surface area is 140 Å². The topological polar surface area (TPSA) is 47.6 Å². The minimum Gasteiger partial charge on any atom is -0.322 e. The van der Waals surface area contributed by atoms with E-state index in [1.165, 1.54) is 6.42 Å². The number of nitrogens with one attached hydrogen (secondary N) is 2. The molecular weight excluding hydrogens is 323 g/mol. The van der Waals surface area contributed by atoms with Crippen LogP contribution in [0.5, 0.6) is 0 Å². The van der Waals surface area contributed by atoms with Gasteiger partial charge in [-0.15, -0.1) is 0 Å². The summed E-state index contributed by atoms with van der Waals surface area (Å²) in [6.07, 6.45) is 1.20. The average Bonchev–Trinajstić information content (AvgIpc) is 3.00. The van der Waals surface area contributed by atoms with E-state index in [2.05, 4.69) is 15.5 Å². The lowest BCUT2D eigenvalue weighted by Gasteiger charge is -2.37. The molecular formula is C15H20Cl2N4O. The largest absolute Gasteiger partial charge is 0.322 e. The third kappa shape index (κ3) is 3.84. The van der Waals surface area contributed by atoms with Gasteiger partial charge in [0.05, 0.1) is 0 Å². The molecule has 0 bridgehead atoms. The smallest absolute Gasteiger partial charge is 0.321 e. The Balaban J connectivity index is 1.53. The molecule has 0 aromatic heterocycles. The monoisotopic (exact) mass is 342 g/mol. The van der Waals surface area contributed by atoms with Crippen LogP contribution in [0.4, 0.5) is 10.5 Å². The molecule has 5 nitrogen and oxygen atoms in total.